The lowest BCUT2D eigenvalue weighted by atomic mass is 10.1. The fraction of sp³-hybridized carbons (Fsp3) is 0.263. The molecule has 24 heavy (non-hydrogen) atoms. The molecule has 0 radical (unpaired) electrons. The third kappa shape index (κ3) is 3.74. The predicted octanol–water partition coefficient (Wildman–Crippen LogP) is 4.62. The van der Waals surface area contributed by atoms with E-state index < -0.39 is 0 Å². The van der Waals surface area contributed by atoms with Gasteiger partial charge in [-0.05, 0) is 57.2 Å². The Labute approximate surface area is 141 Å². The van der Waals surface area contributed by atoms with Gasteiger partial charge in [0.1, 0.15) is 11.8 Å². The van der Waals surface area contributed by atoms with Crippen LogP contribution >= 0.6 is 0 Å². The summed E-state index contributed by atoms with van der Waals surface area (Å²) in [6.07, 6.45) is 0. The second-order valence-electron chi connectivity index (χ2n) is 5.63. The van der Waals surface area contributed by atoms with Gasteiger partial charge in [0.05, 0.1) is 6.61 Å². The zero-order valence-corrected chi connectivity index (χ0v) is 14.1. The SMILES string of the molecule is CCOc1ccc(N[C@H](C)c2nnc(-c3ccc(C)cc3)o2)cc1. The first kappa shape index (κ1) is 16.1. The number of ether oxygens (including phenoxy) is 1. The quantitative estimate of drug-likeness (QED) is 0.717. The van der Waals surface area contributed by atoms with Crippen LogP contribution < -0.4 is 10.1 Å². The Hall–Kier alpha value is -2.82. The van der Waals surface area contributed by atoms with Gasteiger partial charge >= 0.3 is 0 Å². The number of hydrogen-bond acceptors (Lipinski definition) is 5. The van der Waals surface area contributed by atoms with Crippen molar-refractivity contribution < 1.29 is 9.15 Å². The number of aryl methyl sites for hydroxylation is 1. The van der Waals surface area contributed by atoms with E-state index in [2.05, 4.69) is 15.5 Å². The van der Waals surface area contributed by atoms with E-state index in [9.17, 15) is 0 Å². The van der Waals surface area contributed by atoms with Crippen molar-refractivity contribution in [3.05, 3.63) is 60.0 Å². The number of anilines is 1. The topological polar surface area (TPSA) is 60.2 Å². The van der Waals surface area contributed by atoms with E-state index in [-0.39, 0.29) is 6.04 Å². The lowest BCUT2D eigenvalue weighted by molar-refractivity contribution is 0.340. The van der Waals surface area contributed by atoms with Crippen LogP contribution in [0.25, 0.3) is 11.5 Å². The highest BCUT2D eigenvalue weighted by atomic mass is 16.5. The van der Waals surface area contributed by atoms with Gasteiger partial charge in [0.25, 0.3) is 0 Å². The highest BCUT2D eigenvalue weighted by Crippen LogP contribution is 2.24. The standard InChI is InChI=1S/C19H21N3O2/c1-4-23-17-11-9-16(10-12-17)20-14(3)18-21-22-19(24-18)15-7-5-13(2)6-8-15/h5-12,14,20H,4H2,1-3H3/t14-/m1/s1. The molecule has 1 atom stereocenters. The number of nitrogens with one attached hydrogen (secondary N) is 1. The minimum absolute atomic E-state index is 0.0883. The van der Waals surface area contributed by atoms with Gasteiger partial charge in [-0.2, -0.15) is 0 Å². The molecule has 1 aromatic heterocycles. The third-order valence-electron chi connectivity index (χ3n) is 3.66. The Kier molecular flexibility index (Phi) is 4.79. The lowest BCUT2D eigenvalue weighted by Crippen LogP contribution is -2.06. The summed E-state index contributed by atoms with van der Waals surface area (Å²) in [5.41, 5.74) is 3.10. The predicted molar refractivity (Wildman–Crippen MR) is 94.1 cm³/mol. The minimum Gasteiger partial charge on any atom is -0.494 e. The molecule has 1 heterocycles. The summed E-state index contributed by atoms with van der Waals surface area (Å²) in [5.74, 6) is 1.94. The molecule has 5 nitrogen and oxygen atoms in total. The van der Waals surface area contributed by atoms with Gasteiger partial charge in [0.15, 0.2) is 0 Å². The number of hydrogen-bond donors (Lipinski definition) is 1. The molecule has 0 saturated carbocycles. The van der Waals surface area contributed by atoms with Crippen LogP contribution in [0.1, 0.15) is 31.3 Å². The molecule has 0 fully saturated rings. The number of aromatic nitrogens is 2. The van der Waals surface area contributed by atoms with E-state index in [1.165, 1.54) is 5.56 Å². The van der Waals surface area contributed by atoms with Crippen LogP contribution in [-0.2, 0) is 0 Å². The van der Waals surface area contributed by atoms with E-state index in [1.54, 1.807) is 0 Å². The smallest absolute Gasteiger partial charge is 0.247 e. The number of rotatable bonds is 6. The van der Waals surface area contributed by atoms with Crippen LogP contribution in [0.4, 0.5) is 5.69 Å². The first-order chi connectivity index (χ1) is 11.7. The molecular formula is C19H21N3O2. The van der Waals surface area contributed by atoms with Crippen molar-refractivity contribution in [2.24, 2.45) is 0 Å². The second-order valence-corrected chi connectivity index (χ2v) is 5.63. The molecule has 0 unspecified atom stereocenters. The van der Waals surface area contributed by atoms with Crippen LogP contribution in [0.5, 0.6) is 5.75 Å². The Balaban J connectivity index is 1.69. The van der Waals surface area contributed by atoms with Crippen LogP contribution in [0.3, 0.4) is 0 Å². The molecule has 2 aromatic carbocycles. The molecule has 3 aromatic rings. The maximum atomic E-state index is 5.80. The van der Waals surface area contributed by atoms with Crippen molar-refractivity contribution in [3.63, 3.8) is 0 Å². The average molecular weight is 323 g/mol. The average Bonchev–Trinajstić information content (AvgIpc) is 3.08. The van der Waals surface area contributed by atoms with E-state index in [4.69, 9.17) is 9.15 Å². The molecule has 0 aliphatic heterocycles. The molecule has 0 aliphatic carbocycles. The van der Waals surface area contributed by atoms with Crippen molar-refractivity contribution in [1.29, 1.82) is 0 Å². The van der Waals surface area contributed by atoms with Gasteiger partial charge in [0.2, 0.25) is 11.8 Å². The second kappa shape index (κ2) is 7.17. The first-order valence-electron chi connectivity index (χ1n) is 8.05. The summed E-state index contributed by atoms with van der Waals surface area (Å²) in [5, 5.41) is 11.6. The van der Waals surface area contributed by atoms with E-state index in [1.807, 2.05) is 69.3 Å². The minimum atomic E-state index is -0.0883. The summed E-state index contributed by atoms with van der Waals surface area (Å²) in [7, 11) is 0. The molecule has 0 saturated heterocycles. The lowest BCUT2D eigenvalue weighted by Gasteiger charge is -2.12. The van der Waals surface area contributed by atoms with Gasteiger partial charge in [0, 0.05) is 11.3 Å². The summed E-state index contributed by atoms with van der Waals surface area (Å²) in [6.45, 7) is 6.66. The van der Waals surface area contributed by atoms with Crippen molar-refractivity contribution in [2.45, 2.75) is 26.8 Å². The van der Waals surface area contributed by atoms with Crippen LogP contribution in [0.2, 0.25) is 0 Å². The van der Waals surface area contributed by atoms with Gasteiger partial charge in [-0.3, -0.25) is 0 Å². The molecular weight excluding hydrogens is 302 g/mol. The highest BCUT2D eigenvalue weighted by Gasteiger charge is 2.15. The summed E-state index contributed by atoms with van der Waals surface area (Å²) in [6, 6.07) is 15.7. The van der Waals surface area contributed by atoms with Gasteiger partial charge < -0.3 is 14.5 Å². The molecule has 3 rings (SSSR count). The zero-order valence-electron chi connectivity index (χ0n) is 14.1. The molecule has 0 aliphatic rings. The molecule has 0 spiro atoms. The monoisotopic (exact) mass is 323 g/mol. The number of benzene rings is 2. The largest absolute Gasteiger partial charge is 0.494 e. The van der Waals surface area contributed by atoms with Crippen molar-refractivity contribution in [3.8, 4) is 17.2 Å². The highest BCUT2D eigenvalue weighted by molar-refractivity contribution is 5.53. The van der Waals surface area contributed by atoms with E-state index in [0.29, 0.717) is 18.4 Å². The maximum absolute atomic E-state index is 5.80. The molecule has 124 valence electrons. The normalized spacial score (nSPS) is 12.0. The van der Waals surface area contributed by atoms with Crippen LogP contribution in [0, 0.1) is 6.92 Å². The van der Waals surface area contributed by atoms with Crippen molar-refractivity contribution in [1.82, 2.24) is 10.2 Å². The van der Waals surface area contributed by atoms with Crippen LogP contribution in [0.15, 0.2) is 52.9 Å². The van der Waals surface area contributed by atoms with E-state index >= 15 is 0 Å². The van der Waals surface area contributed by atoms with Crippen molar-refractivity contribution >= 4 is 5.69 Å². The van der Waals surface area contributed by atoms with Gasteiger partial charge in [-0.15, -0.1) is 10.2 Å². The number of nitrogens with zero attached hydrogens (tertiary/aromatic N) is 2. The first-order valence-corrected chi connectivity index (χ1v) is 8.05. The van der Waals surface area contributed by atoms with Crippen molar-refractivity contribution in [2.75, 3.05) is 11.9 Å². The molecule has 1 N–H and O–H groups in total. The molecule has 0 bridgehead atoms. The van der Waals surface area contributed by atoms with Gasteiger partial charge in [-0.25, -0.2) is 0 Å². The Morgan fingerprint density at radius 3 is 2.42 bits per heavy atom. The van der Waals surface area contributed by atoms with E-state index in [0.717, 1.165) is 17.0 Å². The summed E-state index contributed by atoms with van der Waals surface area (Å²) < 4.78 is 11.2. The third-order valence-corrected chi connectivity index (χ3v) is 3.66. The summed E-state index contributed by atoms with van der Waals surface area (Å²) >= 11 is 0. The zero-order chi connectivity index (χ0) is 16.9. The van der Waals surface area contributed by atoms with Crippen LogP contribution in [-0.4, -0.2) is 16.8 Å². The maximum Gasteiger partial charge on any atom is 0.247 e. The fourth-order valence-electron chi connectivity index (χ4n) is 2.35. The summed E-state index contributed by atoms with van der Waals surface area (Å²) in [4.78, 5) is 0. The Bertz CT molecular complexity index is 779. The molecule has 5 heteroatoms. The fourth-order valence-corrected chi connectivity index (χ4v) is 2.35. The van der Waals surface area contributed by atoms with Gasteiger partial charge in [-0.1, -0.05) is 17.7 Å². The molecule has 0 amide bonds. The Morgan fingerprint density at radius 1 is 1.04 bits per heavy atom. The Morgan fingerprint density at radius 2 is 1.75 bits per heavy atom.